The van der Waals surface area contributed by atoms with E-state index in [9.17, 15) is 13.2 Å². The lowest BCUT2D eigenvalue weighted by molar-refractivity contribution is -0.137. The van der Waals surface area contributed by atoms with Crippen LogP contribution in [0.4, 0.5) is 13.2 Å². The maximum absolute atomic E-state index is 12.5. The van der Waals surface area contributed by atoms with E-state index < -0.39 is 11.7 Å². The van der Waals surface area contributed by atoms with Crippen molar-refractivity contribution < 1.29 is 22.6 Å². The van der Waals surface area contributed by atoms with E-state index in [1.165, 1.54) is 6.07 Å². The molecule has 1 unspecified atom stereocenters. The summed E-state index contributed by atoms with van der Waals surface area (Å²) >= 11 is 3.40. The Hall–Kier alpha value is -1.76. The number of fused-ring (bicyclic) bond motifs is 1. The molecule has 3 nitrogen and oxygen atoms in total. The van der Waals surface area contributed by atoms with Crippen molar-refractivity contribution in [1.82, 2.24) is 4.98 Å². The van der Waals surface area contributed by atoms with Crippen LogP contribution in [0.25, 0.3) is 0 Å². The Morgan fingerprint density at radius 1 is 1.32 bits per heavy atom. The first kappa shape index (κ1) is 15.1. The summed E-state index contributed by atoms with van der Waals surface area (Å²) in [6, 6.07) is 5.65. The largest absolute Gasteiger partial charge is 0.489 e. The Bertz CT molecular complexity index is 701. The molecule has 0 fully saturated rings. The monoisotopic (exact) mass is 373 g/mol. The average molecular weight is 374 g/mol. The van der Waals surface area contributed by atoms with Gasteiger partial charge in [-0.2, -0.15) is 13.2 Å². The van der Waals surface area contributed by atoms with E-state index in [4.69, 9.17) is 9.47 Å². The van der Waals surface area contributed by atoms with Gasteiger partial charge in [0.05, 0.1) is 10.0 Å². The summed E-state index contributed by atoms with van der Waals surface area (Å²) in [6.07, 6.45) is -2.81. The number of alkyl halides is 3. The number of ether oxygens (including phenoxy) is 2. The van der Waals surface area contributed by atoms with Crippen molar-refractivity contribution in [2.24, 2.45) is 0 Å². The van der Waals surface area contributed by atoms with Crippen LogP contribution in [0, 0.1) is 0 Å². The second-order valence-electron chi connectivity index (χ2n) is 5.01. The number of hydrogen-bond donors (Lipinski definition) is 0. The first-order chi connectivity index (χ1) is 10.3. The van der Waals surface area contributed by atoms with Crippen LogP contribution in [0.2, 0.25) is 0 Å². The van der Waals surface area contributed by atoms with Crippen LogP contribution >= 0.6 is 15.9 Å². The zero-order valence-electron chi connectivity index (χ0n) is 11.4. The molecule has 2 aromatic rings. The van der Waals surface area contributed by atoms with Crippen LogP contribution in [0.5, 0.6) is 17.4 Å². The standard InChI is InChI=1S/C15H11BrF3NO2/c1-8-4-9-5-11(6-12(16)14(9)21-8)22-13-3-2-10(7-20-13)15(17,18)19/h2-3,5-8H,4H2,1H3. The summed E-state index contributed by atoms with van der Waals surface area (Å²) in [5.41, 5.74) is 0.181. The van der Waals surface area contributed by atoms with Crippen LogP contribution in [0.3, 0.4) is 0 Å². The number of nitrogens with zero attached hydrogens (tertiary/aromatic N) is 1. The number of pyridine rings is 1. The minimum absolute atomic E-state index is 0.0887. The molecule has 116 valence electrons. The van der Waals surface area contributed by atoms with Gasteiger partial charge in [-0.25, -0.2) is 4.98 Å². The summed E-state index contributed by atoms with van der Waals surface area (Å²) in [6.45, 7) is 1.96. The van der Waals surface area contributed by atoms with Gasteiger partial charge in [0.1, 0.15) is 17.6 Å². The summed E-state index contributed by atoms with van der Waals surface area (Å²) in [5.74, 6) is 1.38. The smallest absolute Gasteiger partial charge is 0.417 e. The fourth-order valence-electron chi connectivity index (χ4n) is 2.25. The molecule has 1 aromatic heterocycles. The van der Waals surface area contributed by atoms with E-state index in [1.807, 2.05) is 13.0 Å². The van der Waals surface area contributed by atoms with Gasteiger partial charge in [0, 0.05) is 24.2 Å². The number of aromatic nitrogens is 1. The third-order valence-corrected chi connectivity index (χ3v) is 3.80. The number of hydrogen-bond acceptors (Lipinski definition) is 3. The SMILES string of the molecule is CC1Cc2cc(Oc3ccc(C(F)(F)F)cn3)cc(Br)c2O1. The third kappa shape index (κ3) is 3.04. The highest BCUT2D eigenvalue weighted by Crippen LogP contribution is 2.40. The van der Waals surface area contributed by atoms with Crippen molar-refractivity contribution in [3.63, 3.8) is 0 Å². The quantitative estimate of drug-likeness (QED) is 0.743. The molecule has 1 aliphatic rings. The van der Waals surface area contributed by atoms with Gasteiger partial charge in [-0.3, -0.25) is 0 Å². The highest BCUT2D eigenvalue weighted by molar-refractivity contribution is 9.10. The first-order valence-corrected chi connectivity index (χ1v) is 7.32. The van der Waals surface area contributed by atoms with Crippen molar-refractivity contribution in [2.75, 3.05) is 0 Å². The van der Waals surface area contributed by atoms with Gasteiger partial charge in [-0.05, 0) is 41.1 Å². The predicted octanol–water partition coefficient (Wildman–Crippen LogP) is 4.98. The predicted molar refractivity (Wildman–Crippen MR) is 77.2 cm³/mol. The Kier molecular flexibility index (Phi) is 3.76. The van der Waals surface area contributed by atoms with Gasteiger partial charge in [-0.15, -0.1) is 0 Å². The minimum atomic E-state index is -4.41. The molecule has 0 saturated heterocycles. The highest BCUT2D eigenvalue weighted by Gasteiger charge is 2.30. The second-order valence-corrected chi connectivity index (χ2v) is 5.87. The van der Waals surface area contributed by atoms with Gasteiger partial charge in [0.25, 0.3) is 0 Å². The molecule has 0 radical (unpaired) electrons. The zero-order chi connectivity index (χ0) is 15.9. The van der Waals surface area contributed by atoms with Crippen molar-refractivity contribution in [1.29, 1.82) is 0 Å². The number of halogens is 4. The molecule has 0 N–H and O–H groups in total. The topological polar surface area (TPSA) is 31.4 Å². The van der Waals surface area contributed by atoms with Crippen molar-refractivity contribution in [3.8, 4) is 17.4 Å². The maximum Gasteiger partial charge on any atom is 0.417 e. The Morgan fingerprint density at radius 2 is 2.09 bits per heavy atom. The van der Waals surface area contributed by atoms with Crippen LogP contribution in [-0.4, -0.2) is 11.1 Å². The lowest BCUT2D eigenvalue weighted by Gasteiger charge is -2.10. The molecule has 3 rings (SSSR count). The lowest BCUT2D eigenvalue weighted by atomic mass is 10.1. The fourth-order valence-corrected chi connectivity index (χ4v) is 2.82. The Balaban J connectivity index is 1.82. The molecule has 0 aliphatic carbocycles. The fraction of sp³-hybridized carbons (Fsp3) is 0.267. The summed E-state index contributed by atoms with van der Waals surface area (Å²) in [4.78, 5) is 3.69. The molecule has 0 saturated carbocycles. The first-order valence-electron chi connectivity index (χ1n) is 6.53. The number of rotatable bonds is 2. The molecule has 7 heteroatoms. The van der Waals surface area contributed by atoms with Gasteiger partial charge < -0.3 is 9.47 Å². The van der Waals surface area contributed by atoms with Crippen LogP contribution < -0.4 is 9.47 Å². The normalized spacial score (nSPS) is 17.0. The van der Waals surface area contributed by atoms with Crippen molar-refractivity contribution in [2.45, 2.75) is 25.6 Å². The summed E-state index contributed by atoms with van der Waals surface area (Å²) < 4.78 is 49.4. The molecule has 0 amide bonds. The van der Waals surface area contributed by atoms with Gasteiger partial charge in [0.2, 0.25) is 5.88 Å². The van der Waals surface area contributed by atoms with Crippen molar-refractivity contribution >= 4 is 15.9 Å². The van der Waals surface area contributed by atoms with Gasteiger partial charge >= 0.3 is 6.18 Å². The Labute approximate surface area is 133 Å². The van der Waals surface area contributed by atoms with E-state index in [1.54, 1.807) is 6.07 Å². The maximum atomic E-state index is 12.5. The van der Waals surface area contributed by atoms with Gasteiger partial charge in [-0.1, -0.05) is 0 Å². The van der Waals surface area contributed by atoms with E-state index >= 15 is 0 Å². The Morgan fingerprint density at radius 3 is 2.73 bits per heavy atom. The average Bonchev–Trinajstić information content (AvgIpc) is 2.79. The summed E-state index contributed by atoms with van der Waals surface area (Å²) in [7, 11) is 0. The molecule has 1 aliphatic heterocycles. The molecule has 2 heterocycles. The number of benzene rings is 1. The van der Waals surface area contributed by atoms with Crippen LogP contribution in [-0.2, 0) is 12.6 Å². The van der Waals surface area contributed by atoms with E-state index in [0.717, 1.165) is 34.5 Å². The minimum Gasteiger partial charge on any atom is -0.489 e. The summed E-state index contributed by atoms with van der Waals surface area (Å²) in [5, 5.41) is 0. The van der Waals surface area contributed by atoms with Crippen LogP contribution in [0.1, 0.15) is 18.1 Å². The van der Waals surface area contributed by atoms with Crippen LogP contribution in [0.15, 0.2) is 34.9 Å². The van der Waals surface area contributed by atoms with Gasteiger partial charge in [0.15, 0.2) is 0 Å². The molecular weight excluding hydrogens is 363 g/mol. The van der Waals surface area contributed by atoms with E-state index in [2.05, 4.69) is 20.9 Å². The molecule has 1 atom stereocenters. The zero-order valence-corrected chi connectivity index (χ0v) is 13.0. The second kappa shape index (κ2) is 5.46. The molecule has 1 aromatic carbocycles. The molecular formula is C15H11BrF3NO2. The molecule has 0 spiro atoms. The van der Waals surface area contributed by atoms with Crippen molar-refractivity contribution in [3.05, 3.63) is 46.1 Å². The lowest BCUT2D eigenvalue weighted by Crippen LogP contribution is -2.05. The molecule has 0 bridgehead atoms. The highest BCUT2D eigenvalue weighted by atomic mass is 79.9. The van der Waals surface area contributed by atoms with E-state index in [-0.39, 0.29) is 12.0 Å². The third-order valence-electron chi connectivity index (χ3n) is 3.21. The van der Waals surface area contributed by atoms with E-state index in [0.29, 0.717) is 5.75 Å². The molecule has 22 heavy (non-hydrogen) atoms.